The van der Waals surface area contributed by atoms with Crippen molar-refractivity contribution < 1.29 is 14.6 Å². The van der Waals surface area contributed by atoms with Crippen LogP contribution in [0.25, 0.3) is 0 Å². The van der Waals surface area contributed by atoms with Gasteiger partial charge in [-0.05, 0) is 54.2 Å². The summed E-state index contributed by atoms with van der Waals surface area (Å²) in [7, 11) is 0. The van der Waals surface area contributed by atoms with E-state index in [1.165, 1.54) is 0 Å². The highest BCUT2D eigenvalue weighted by Crippen LogP contribution is 2.26. The molecule has 1 aromatic heterocycles. The van der Waals surface area contributed by atoms with Gasteiger partial charge in [-0.1, -0.05) is 48.5 Å². The summed E-state index contributed by atoms with van der Waals surface area (Å²) < 4.78 is 5.88. The second kappa shape index (κ2) is 10.9. The molecule has 3 aromatic rings. The Hall–Kier alpha value is -3.34. The quantitative estimate of drug-likeness (QED) is 0.462. The van der Waals surface area contributed by atoms with Crippen molar-refractivity contribution >= 4 is 11.8 Å². The molecule has 0 bridgehead atoms. The molecule has 0 aliphatic heterocycles. The van der Waals surface area contributed by atoms with Crippen LogP contribution in [-0.2, 0) is 11.2 Å². The number of nitrogens with zero attached hydrogens (tertiary/aromatic N) is 1. The maximum Gasteiger partial charge on any atom is 0.303 e. The monoisotopic (exact) mass is 390 g/mol. The molecule has 0 radical (unpaired) electrons. The Balaban J connectivity index is 1.52. The lowest BCUT2D eigenvalue weighted by Gasteiger charge is -2.16. The van der Waals surface area contributed by atoms with Crippen molar-refractivity contribution in [2.24, 2.45) is 0 Å². The van der Waals surface area contributed by atoms with Gasteiger partial charge in [0.05, 0.1) is 13.0 Å². The number of carboxylic acid groups (broad SMARTS) is 1. The van der Waals surface area contributed by atoms with Gasteiger partial charge in [-0.3, -0.25) is 4.79 Å². The van der Waals surface area contributed by atoms with Crippen LogP contribution in [0, 0.1) is 0 Å². The fraction of sp³-hybridized carbons (Fsp3) is 0.250. The summed E-state index contributed by atoms with van der Waals surface area (Å²) in [4.78, 5) is 15.5. The van der Waals surface area contributed by atoms with Gasteiger partial charge in [0.2, 0.25) is 0 Å². The molecule has 5 nitrogen and oxygen atoms in total. The zero-order chi connectivity index (χ0) is 20.3. The molecule has 1 atom stereocenters. The van der Waals surface area contributed by atoms with Crippen molar-refractivity contribution in [2.45, 2.75) is 25.2 Å². The molecule has 2 aromatic carbocycles. The van der Waals surface area contributed by atoms with Crippen LogP contribution in [0.15, 0.2) is 79.0 Å². The van der Waals surface area contributed by atoms with Gasteiger partial charge in [0, 0.05) is 12.7 Å². The maximum absolute atomic E-state index is 11.3. The van der Waals surface area contributed by atoms with Gasteiger partial charge in [-0.2, -0.15) is 0 Å². The fourth-order valence-electron chi connectivity index (χ4n) is 3.24. The highest BCUT2D eigenvalue weighted by atomic mass is 16.5. The number of benzene rings is 2. The smallest absolute Gasteiger partial charge is 0.303 e. The lowest BCUT2D eigenvalue weighted by Crippen LogP contribution is -2.10. The SMILES string of the molecule is O=C(O)CC(Cc1cccc(OCCCNc2ccccn2)c1)c1ccccc1. The Morgan fingerprint density at radius 2 is 1.86 bits per heavy atom. The van der Waals surface area contributed by atoms with Crippen LogP contribution in [0.1, 0.15) is 29.9 Å². The Morgan fingerprint density at radius 1 is 1.03 bits per heavy atom. The molecule has 1 heterocycles. The predicted molar refractivity (Wildman–Crippen MR) is 114 cm³/mol. The standard InChI is InChI=1S/C24H26N2O3/c27-24(28)18-21(20-9-2-1-3-10-20)16-19-8-6-11-22(17-19)29-15-7-14-26-23-12-4-5-13-25-23/h1-6,8-13,17,21H,7,14-16,18H2,(H,25,26)(H,27,28). The minimum Gasteiger partial charge on any atom is -0.494 e. The number of carbonyl (C=O) groups is 1. The summed E-state index contributed by atoms with van der Waals surface area (Å²) in [6.45, 7) is 1.38. The first-order chi connectivity index (χ1) is 14.2. The number of carboxylic acids is 1. The molecule has 1 unspecified atom stereocenters. The van der Waals surface area contributed by atoms with Crippen molar-refractivity contribution in [3.8, 4) is 5.75 Å². The number of anilines is 1. The van der Waals surface area contributed by atoms with Crippen molar-refractivity contribution in [3.05, 3.63) is 90.1 Å². The highest BCUT2D eigenvalue weighted by Gasteiger charge is 2.16. The first-order valence-electron chi connectivity index (χ1n) is 9.84. The minimum absolute atomic E-state index is 0.0634. The van der Waals surface area contributed by atoms with Crippen LogP contribution in [-0.4, -0.2) is 29.2 Å². The number of nitrogens with one attached hydrogen (secondary N) is 1. The van der Waals surface area contributed by atoms with E-state index in [-0.39, 0.29) is 12.3 Å². The third kappa shape index (κ3) is 6.96. The summed E-state index contributed by atoms with van der Waals surface area (Å²) >= 11 is 0. The molecular weight excluding hydrogens is 364 g/mol. The molecule has 150 valence electrons. The van der Waals surface area contributed by atoms with E-state index in [0.29, 0.717) is 13.0 Å². The lowest BCUT2D eigenvalue weighted by molar-refractivity contribution is -0.137. The predicted octanol–water partition coefficient (Wildman–Crippen LogP) is 4.76. The first kappa shape index (κ1) is 20.4. The summed E-state index contributed by atoms with van der Waals surface area (Å²) in [6, 6.07) is 23.5. The average molecular weight is 390 g/mol. The zero-order valence-corrected chi connectivity index (χ0v) is 16.3. The molecule has 2 N–H and O–H groups in total. The third-order valence-electron chi connectivity index (χ3n) is 4.63. The summed E-state index contributed by atoms with van der Waals surface area (Å²) in [5, 5.41) is 12.5. The highest BCUT2D eigenvalue weighted by molar-refractivity contribution is 5.68. The van der Waals surface area contributed by atoms with Crippen LogP contribution < -0.4 is 10.1 Å². The molecule has 0 saturated heterocycles. The molecule has 29 heavy (non-hydrogen) atoms. The fourth-order valence-corrected chi connectivity index (χ4v) is 3.24. The van der Waals surface area contributed by atoms with Crippen molar-refractivity contribution in [1.82, 2.24) is 4.98 Å². The molecule has 0 aliphatic carbocycles. The second-order valence-electron chi connectivity index (χ2n) is 6.90. The van der Waals surface area contributed by atoms with Gasteiger partial charge >= 0.3 is 5.97 Å². The molecule has 0 spiro atoms. The Morgan fingerprint density at radius 3 is 2.62 bits per heavy atom. The largest absolute Gasteiger partial charge is 0.494 e. The number of rotatable bonds is 11. The Kier molecular flexibility index (Phi) is 7.63. The van der Waals surface area contributed by atoms with Gasteiger partial charge < -0.3 is 15.2 Å². The number of hydrogen-bond donors (Lipinski definition) is 2. The van der Waals surface area contributed by atoms with Crippen molar-refractivity contribution in [2.75, 3.05) is 18.5 Å². The molecule has 0 aliphatic rings. The van der Waals surface area contributed by atoms with Crippen molar-refractivity contribution in [1.29, 1.82) is 0 Å². The number of pyridine rings is 1. The maximum atomic E-state index is 11.3. The Labute approximate surface area is 171 Å². The van der Waals surface area contributed by atoms with Gasteiger partial charge in [-0.15, -0.1) is 0 Å². The molecule has 0 fully saturated rings. The van der Waals surface area contributed by atoms with E-state index < -0.39 is 5.97 Å². The number of aromatic nitrogens is 1. The number of aliphatic carboxylic acids is 1. The van der Waals surface area contributed by atoms with E-state index >= 15 is 0 Å². The van der Waals surface area contributed by atoms with E-state index in [1.807, 2.05) is 72.8 Å². The van der Waals surface area contributed by atoms with E-state index in [0.717, 1.165) is 35.7 Å². The van der Waals surface area contributed by atoms with Crippen LogP contribution in [0.5, 0.6) is 5.75 Å². The normalized spacial score (nSPS) is 11.6. The zero-order valence-electron chi connectivity index (χ0n) is 16.3. The van der Waals surface area contributed by atoms with Gasteiger partial charge in [0.25, 0.3) is 0 Å². The van der Waals surface area contributed by atoms with Gasteiger partial charge in [0.1, 0.15) is 11.6 Å². The molecule has 0 saturated carbocycles. The lowest BCUT2D eigenvalue weighted by atomic mass is 9.89. The topological polar surface area (TPSA) is 71.5 Å². The van der Waals surface area contributed by atoms with E-state index in [1.54, 1.807) is 6.20 Å². The molecule has 0 amide bonds. The first-order valence-corrected chi connectivity index (χ1v) is 9.84. The Bertz CT molecular complexity index is 885. The summed E-state index contributed by atoms with van der Waals surface area (Å²) in [5.74, 6) is 0.820. The third-order valence-corrected chi connectivity index (χ3v) is 4.63. The van der Waals surface area contributed by atoms with Crippen LogP contribution in [0.3, 0.4) is 0 Å². The molecule has 3 rings (SSSR count). The van der Waals surface area contributed by atoms with Crippen LogP contribution in [0.2, 0.25) is 0 Å². The van der Waals surface area contributed by atoms with Gasteiger partial charge in [-0.25, -0.2) is 4.98 Å². The van der Waals surface area contributed by atoms with E-state index in [2.05, 4.69) is 10.3 Å². The second-order valence-corrected chi connectivity index (χ2v) is 6.90. The van der Waals surface area contributed by atoms with Crippen molar-refractivity contribution in [3.63, 3.8) is 0 Å². The molecular formula is C24H26N2O3. The van der Waals surface area contributed by atoms with Crippen LogP contribution in [0.4, 0.5) is 5.82 Å². The summed E-state index contributed by atoms with van der Waals surface area (Å²) in [6.07, 6.45) is 3.38. The summed E-state index contributed by atoms with van der Waals surface area (Å²) in [5.41, 5.74) is 2.12. The van der Waals surface area contributed by atoms with E-state index in [4.69, 9.17) is 4.74 Å². The number of hydrogen-bond acceptors (Lipinski definition) is 4. The molecule has 5 heteroatoms. The number of ether oxygens (including phenoxy) is 1. The van der Waals surface area contributed by atoms with Crippen LogP contribution >= 0.6 is 0 Å². The average Bonchev–Trinajstić information content (AvgIpc) is 2.74. The minimum atomic E-state index is -0.785. The van der Waals surface area contributed by atoms with E-state index in [9.17, 15) is 9.90 Å². The van der Waals surface area contributed by atoms with Gasteiger partial charge in [0.15, 0.2) is 0 Å².